The van der Waals surface area contributed by atoms with Crippen molar-refractivity contribution in [3.63, 3.8) is 0 Å². The Morgan fingerprint density at radius 2 is 1.76 bits per heavy atom. The summed E-state index contributed by atoms with van der Waals surface area (Å²) in [5.74, 6) is -0.120. The molecule has 2 N–H and O–H groups in total. The summed E-state index contributed by atoms with van der Waals surface area (Å²) in [4.78, 5) is 30.0. The van der Waals surface area contributed by atoms with E-state index in [1.54, 1.807) is 19.0 Å². The van der Waals surface area contributed by atoms with Crippen LogP contribution < -0.4 is 16.6 Å². The highest BCUT2D eigenvalue weighted by atomic mass is 16.3. The molecular formula is C17H23N5O3. The minimum atomic E-state index is -0.664. The standard InChI is InChI=1S/C17H23N5O3/c1-6-11-7-9-12(10-8-11)18-16(20(2)3)19-13-14(23)21(4)17(25)22(5)15(13)24/h7-10,23H,6H2,1-5H3,(H,18,19). The molecule has 8 heteroatoms. The average Bonchev–Trinajstić information content (AvgIpc) is 2.61. The third-order valence-electron chi connectivity index (χ3n) is 3.87. The van der Waals surface area contributed by atoms with Crippen LogP contribution in [0.1, 0.15) is 12.5 Å². The van der Waals surface area contributed by atoms with Crippen molar-refractivity contribution < 1.29 is 5.11 Å². The zero-order valence-corrected chi connectivity index (χ0v) is 15.1. The molecular weight excluding hydrogens is 322 g/mol. The molecule has 0 amide bonds. The number of benzene rings is 1. The molecule has 1 aromatic carbocycles. The van der Waals surface area contributed by atoms with E-state index in [-0.39, 0.29) is 5.69 Å². The number of aromatic nitrogens is 2. The number of nitrogens with zero attached hydrogens (tertiary/aromatic N) is 4. The summed E-state index contributed by atoms with van der Waals surface area (Å²) >= 11 is 0. The number of anilines is 1. The third-order valence-corrected chi connectivity index (χ3v) is 3.87. The van der Waals surface area contributed by atoms with Crippen LogP contribution in [0.15, 0.2) is 38.8 Å². The van der Waals surface area contributed by atoms with Crippen LogP contribution in [0.25, 0.3) is 0 Å². The van der Waals surface area contributed by atoms with E-state index in [4.69, 9.17) is 0 Å². The van der Waals surface area contributed by atoms with Crippen molar-refractivity contribution in [1.29, 1.82) is 0 Å². The van der Waals surface area contributed by atoms with Gasteiger partial charge in [0.1, 0.15) is 0 Å². The fourth-order valence-electron chi connectivity index (χ4n) is 2.21. The Bertz CT molecular complexity index is 908. The first-order valence-corrected chi connectivity index (χ1v) is 7.87. The molecule has 0 bridgehead atoms. The van der Waals surface area contributed by atoms with Crippen molar-refractivity contribution in [2.75, 3.05) is 19.4 Å². The molecule has 0 aliphatic heterocycles. The highest BCUT2D eigenvalue weighted by Crippen LogP contribution is 2.19. The second kappa shape index (κ2) is 7.25. The predicted molar refractivity (Wildman–Crippen MR) is 98.8 cm³/mol. The number of guanidine groups is 1. The lowest BCUT2D eigenvalue weighted by Crippen LogP contribution is -2.37. The maximum absolute atomic E-state index is 12.3. The lowest BCUT2D eigenvalue weighted by atomic mass is 10.1. The Hall–Kier alpha value is -3.03. The van der Waals surface area contributed by atoms with Crippen LogP contribution in [0.3, 0.4) is 0 Å². The van der Waals surface area contributed by atoms with Crippen LogP contribution in [0, 0.1) is 0 Å². The van der Waals surface area contributed by atoms with E-state index >= 15 is 0 Å². The first kappa shape index (κ1) is 18.3. The highest BCUT2D eigenvalue weighted by Gasteiger charge is 2.16. The van der Waals surface area contributed by atoms with Gasteiger partial charge in [0.05, 0.1) is 0 Å². The highest BCUT2D eigenvalue weighted by molar-refractivity contribution is 5.95. The lowest BCUT2D eigenvalue weighted by molar-refractivity contribution is 0.414. The van der Waals surface area contributed by atoms with Gasteiger partial charge in [-0.2, -0.15) is 0 Å². The molecule has 0 radical (unpaired) electrons. The monoisotopic (exact) mass is 345 g/mol. The van der Waals surface area contributed by atoms with Gasteiger partial charge in [-0.3, -0.25) is 13.9 Å². The summed E-state index contributed by atoms with van der Waals surface area (Å²) in [6, 6.07) is 7.82. The first-order chi connectivity index (χ1) is 11.8. The molecule has 0 atom stereocenters. The van der Waals surface area contributed by atoms with Crippen LogP contribution >= 0.6 is 0 Å². The maximum Gasteiger partial charge on any atom is 0.333 e. The van der Waals surface area contributed by atoms with Crippen molar-refractivity contribution in [1.82, 2.24) is 14.0 Å². The Morgan fingerprint density at radius 3 is 2.28 bits per heavy atom. The summed E-state index contributed by atoms with van der Waals surface area (Å²) in [5, 5.41) is 13.3. The summed E-state index contributed by atoms with van der Waals surface area (Å²) in [5.41, 5.74) is 0.522. The molecule has 0 spiro atoms. The number of hydrogen-bond donors (Lipinski definition) is 2. The van der Waals surface area contributed by atoms with Gasteiger partial charge in [0, 0.05) is 33.9 Å². The number of rotatable bonds is 3. The van der Waals surface area contributed by atoms with E-state index < -0.39 is 17.1 Å². The van der Waals surface area contributed by atoms with Crippen molar-refractivity contribution in [2.45, 2.75) is 13.3 Å². The van der Waals surface area contributed by atoms with Crippen LogP contribution in [0.4, 0.5) is 11.4 Å². The van der Waals surface area contributed by atoms with E-state index in [0.29, 0.717) is 5.96 Å². The maximum atomic E-state index is 12.3. The fraction of sp³-hybridized carbons (Fsp3) is 0.353. The topological polar surface area (TPSA) is 91.9 Å². The minimum absolute atomic E-state index is 0.203. The minimum Gasteiger partial charge on any atom is -0.493 e. The molecule has 1 heterocycles. The normalized spacial score (nSPS) is 11.5. The zero-order chi connectivity index (χ0) is 18.7. The van der Waals surface area contributed by atoms with Gasteiger partial charge in [-0.1, -0.05) is 19.1 Å². The Morgan fingerprint density at radius 1 is 1.16 bits per heavy atom. The van der Waals surface area contributed by atoms with E-state index in [0.717, 1.165) is 21.2 Å². The Balaban J connectivity index is 2.50. The van der Waals surface area contributed by atoms with E-state index in [2.05, 4.69) is 17.2 Å². The summed E-state index contributed by atoms with van der Waals surface area (Å²) in [7, 11) is 6.24. The van der Waals surface area contributed by atoms with Gasteiger partial charge in [0.2, 0.25) is 11.8 Å². The summed E-state index contributed by atoms with van der Waals surface area (Å²) in [6.07, 6.45) is 0.941. The van der Waals surface area contributed by atoms with Gasteiger partial charge in [0.25, 0.3) is 5.56 Å². The molecule has 0 fully saturated rings. The first-order valence-electron chi connectivity index (χ1n) is 7.87. The molecule has 134 valence electrons. The van der Waals surface area contributed by atoms with Crippen molar-refractivity contribution >= 4 is 17.3 Å². The number of nitrogens with one attached hydrogen (secondary N) is 1. The van der Waals surface area contributed by atoms with Gasteiger partial charge in [0.15, 0.2) is 5.69 Å². The lowest BCUT2D eigenvalue weighted by Gasteiger charge is -2.18. The van der Waals surface area contributed by atoms with Crippen molar-refractivity contribution in [3.05, 3.63) is 50.7 Å². The van der Waals surface area contributed by atoms with Gasteiger partial charge >= 0.3 is 5.69 Å². The average molecular weight is 345 g/mol. The number of hydrogen-bond acceptors (Lipinski definition) is 4. The molecule has 0 unspecified atom stereocenters. The quantitative estimate of drug-likeness (QED) is 0.640. The summed E-state index contributed by atoms with van der Waals surface area (Å²) < 4.78 is 1.88. The van der Waals surface area contributed by atoms with Crippen molar-refractivity contribution in [3.8, 4) is 5.88 Å². The molecule has 1 aromatic heterocycles. The number of aromatic hydroxyl groups is 1. The number of aryl methyl sites for hydroxylation is 1. The molecule has 0 aliphatic carbocycles. The summed E-state index contributed by atoms with van der Waals surface area (Å²) in [6.45, 7) is 2.08. The van der Waals surface area contributed by atoms with Gasteiger partial charge in [-0.25, -0.2) is 9.79 Å². The Labute approximate surface area is 145 Å². The van der Waals surface area contributed by atoms with E-state index in [1.807, 2.05) is 24.3 Å². The largest absolute Gasteiger partial charge is 0.493 e. The molecule has 0 aliphatic rings. The molecule has 25 heavy (non-hydrogen) atoms. The molecule has 2 rings (SSSR count). The molecule has 0 saturated carbocycles. The zero-order valence-electron chi connectivity index (χ0n) is 15.1. The van der Waals surface area contributed by atoms with Crippen LogP contribution in [0.2, 0.25) is 0 Å². The molecule has 2 aromatic rings. The van der Waals surface area contributed by atoms with E-state index in [9.17, 15) is 14.7 Å². The second-order valence-corrected chi connectivity index (χ2v) is 5.88. The van der Waals surface area contributed by atoms with Crippen molar-refractivity contribution in [2.24, 2.45) is 19.1 Å². The van der Waals surface area contributed by atoms with Gasteiger partial charge in [-0.05, 0) is 24.1 Å². The number of aliphatic imine (C=N–C) groups is 1. The molecule has 0 saturated heterocycles. The predicted octanol–water partition coefficient (Wildman–Crippen LogP) is 1.01. The van der Waals surface area contributed by atoms with Crippen LogP contribution in [-0.4, -0.2) is 39.2 Å². The molecule has 8 nitrogen and oxygen atoms in total. The SMILES string of the molecule is CCc1ccc(NC(=Nc2c(O)n(C)c(=O)n(C)c2=O)N(C)C)cc1. The van der Waals surface area contributed by atoms with E-state index in [1.165, 1.54) is 19.7 Å². The smallest absolute Gasteiger partial charge is 0.333 e. The van der Waals surface area contributed by atoms with Crippen LogP contribution in [0.5, 0.6) is 5.88 Å². The Kier molecular flexibility index (Phi) is 5.31. The van der Waals surface area contributed by atoms with Crippen LogP contribution in [-0.2, 0) is 20.5 Å². The fourth-order valence-corrected chi connectivity index (χ4v) is 2.21. The second-order valence-electron chi connectivity index (χ2n) is 5.88. The van der Waals surface area contributed by atoms with Gasteiger partial charge in [-0.15, -0.1) is 0 Å². The van der Waals surface area contributed by atoms with Gasteiger partial charge < -0.3 is 15.3 Å². The third kappa shape index (κ3) is 3.73.